The fraction of sp³-hybridized carbons (Fsp3) is 0.667. The van der Waals surface area contributed by atoms with Crippen LogP contribution in [0.3, 0.4) is 0 Å². The van der Waals surface area contributed by atoms with Crippen molar-refractivity contribution < 1.29 is 9.53 Å². The molecular formula is C3H10O2Si. The Labute approximate surface area is 41.5 Å². The molecule has 0 aliphatic heterocycles. The summed E-state index contributed by atoms with van der Waals surface area (Å²) in [6, 6.07) is 0. The molecule has 2 nitrogen and oxygen atoms in total. The molecule has 0 amide bonds. The van der Waals surface area contributed by atoms with Crippen molar-refractivity contribution in [3.63, 3.8) is 0 Å². The molecule has 0 heterocycles. The minimum Gasteiger partial charge on any atom is -0.469 e. The van der Waals surface area contributed by atoms with Gasteiger partial charge in [-0.05, 0) is 11.0 Å². The zero-order chi connectivity index (χ0) is 4.28. The average molecular weight is 106 g/mol. The minimum atomic E-state index is -0.245. The van der Waals surface area contributed by atoms with E-state index in [1.807, 2.05) is 0 Å². The van der Waals surface area contributed by atoms with Gasteiger partial charge in [0.2, 0.25) is 0 Å². The largest absolute Gasteiger partial charge is 0.469 e. The molecule has 0 aromatic carbocycles. The lowest BCUT2D eigenvalue weighted by Crippen LogP contribution is -1.88. The molecule has 0 N–H and O–H groups in total. The molecule has 6 heavy (non-hydrogen) atoms. The van der Waals surface area contributed by atoms with Gasteiger partial charge in [-0.25, -0.2) is 0 Å². The second-order valence-electron chi connectivity index (χ2n) is 0.696. The highest BCUT2D eigenvalue weighted by Gasteiger charge is 1.75. The fourth-order valence-electron chi connectivity index (χ4n) is 0. The van der Waals surface area contributed by atoms with Crippen molar-refractivity contribution in [1.29, 1.82) is 0 Å². The van der Waals surface area contributed by atoms with E-state index in [2.05, 4.69) is 4.74 Å². The summed E-state index contributed by atoms with van der Waals surface area (Å²) in [5.74, 6) is -0.245. The number of hydrogen-bond acceptors (Lipinski definition) is 2. The predicted molar refractivity (Wildman–Crippen MR) is 29.0 cm³/mol. The molecule has 0 aliphatic carbocycles. The highest BCUT2D eigenvalue weighted by atomic mass is 28.1. The van der Waals surface area contributed by atoms with E-state index in [1.165, 1.54) is 14.0 Å². The van der Waals surface area contributed by atoms with Crippen molar-refractivity contribution in [1.82, 2.24) is 0 Å². The molecule has 0 fully saturated rings. The van der Waals surface area contributed by atoms with Crippen LogP contribution >= 0.6 is 0 Å². The molecule has 0 saturated carbocycles. The summed E-state index contributed by atoms with van der Waals surface area (Å²) in [5, 5.41) is 0. The number of methoxy groups -OCH3 is 1. The Hall–Kier alpha value is -0.313. The van der Waals surface area contributed by atoms with Gasteiger partial charge in [-0.15, -0.1) is 0 Å². The Morgan fingerprint density at radius 1 is 1.67 bits per heavy atom. The molecule has 38 valence electrons. The molecular weight excluding hydrogens is 96.1 g/mol. The third-order valence-corrected chi connectivity index (χ3v) is 0.287. The van der Waals surface area contributed by atoms with Crippen LogP contribution in [-0.2, 0) is 9.53 Å². The number of carbonyl (C=O) groups excluding carboxylic acids is 1. The van der Waals surface area contributed by atoms with Crippen LogP contribution in [0.15, 0.2) is 0 Å². The lowest BCUT2D eigenvalue weighted by molar-refractivity contribution is -0.137. The molecule has 3 heteroatoms. The van der Waals surface area contributed by atoms with Crippen LogP contribution in [0.2, 0.25) is 0 Å². The number of esters is 1. The average Bonchev–Trinajstić information content (AvgIpc) is 1.38. The van der Waals surface area contributed by atoms with Gasteiger partial charge in [-0.2, -0.15) is 0 Å². The maximum atomic E-state index is 9.59. The quantitative estimate of drug-likeness (QED) is 0.284. The first kappa shape index (κ1) is 9.19. The molecule has 0 aliphatic rings. The summed E-state index contributed by atoms with van der Waals surface area (Å²) in [4.78, 5) is 9.59. The van der Waals surface area contributed by atoms with Crippen LogP contribution in [-0.4, -0.2) is 24.0 Å². The molecule has 0 bridgehead atoms. The fourth-order valence-corrected chi connectivity index (χ4v) is 0. The number of carbonyl (C=O) groups is 1. The highest BCUT2D eigenvalue weighted by Crippen LogP contribution is 1.60. The van der Waals surface area contributed by atoms with E-state index >= 15 is 0 Å². The SMILES string of the molecule is COC(C)=O.[SiH4]. The summed E-state index contributed by atoms with van der Waals surface area (Å²) in [6.45, 7) is 1.36. The lowest BCUT2D eigenvalue weighted by Gasteiger charge is -1.80. The van der Waals surface area contributed by atoms with Crippen molar-refractivity contribution in [3.05, 3.63) is 0 Å². The molecule has 0 aromatic rings. The van der Waals surface area contributed by atoms with Gasteiger partial charge in [0.25, 0.3) is 0 Å². The monoisotopic (exact) mass is 106 g/mol. The standard InChI is InChI=1S/C3H6O2.H4Si/c1-3(4)5-2;/h1-2H3;1H4. The summed E-state index contributed by atoms with van der Waals surface area (Å²) >= 11 is 0. The normalized spacial score (nSPS) is 5.67. The van der Waals surface area contributed by atoms with E-state index in [1.54, 1.807) is 0 Å². The maximum Gasteiger partial charge on any atom is 0.302 e. The Morgan fingerprint density at radius 3 is 1.83 bits per heavy atom. The smallest absolute Gasteiger partial charge is 0.302 e. The predicted octanol–water partition coefficient (Wildman–Crippen LogP) is -1.27. The Bertz CT molecular complexity index is 44.1. The summed E-state index contributed by atoms with van der Waals surface area (Å²) in [5.41, 5.74) is 0. The number of rotatable bonds is 0. The van der Waals surface area contributed by atoms with Gasteiger partial charge in [0, 0.05) is 6.92 Å². The molecule has 0 rings (SSSR count). The van der Waals surface area contributed by atoms with Crippen LogP contribution in [0.25, 0.3) is 0 Å². The zero-order valence-electron chi connectivity index (χ0n) is 3.32. The molecule has 0 spiro atoms. The first-order valence-electron chi connectivity index (χ1n) is 1.32. The number of ether oxygens (including phenoxy) is 1. The summed E-state index contributed by atoms with van der Waals surface area (Å²) < 4.78 is 4.11. The van der Waals surface area contributed by atoms with Crippen LogP contribution in [0.1, 0.15) is 6.92 Å². The van der Waals surface area contributed by atoms with Crippen molar-refractivity contribution in [2.45, 2.75) is 6.92 Å². The topological polar surface area (TPSA) is 26.3 Å². The number of hydrogen-bond donors (Lipinski definition) is 0. The third kappa shape index (κ3) is 9.35. The van der Waals surface area contributed by atoms with Crippen LogP contribution in [0.5, 0.6) is 0 Å². The lowest BCUT2D eigenvalue weighted by atomic mass is 10.8. The van der Waals surface area contributed by atoms with Gasteiger partial charge in [0.15, 0.2) is 0 Å². The molecule has 0 saturated heterocycles. The van der Waals surface area contributed by atoms with Gasteiger partial charge in [0.1, 0.15) is 0 Å². The Kier molecular flexibility index (Phi) is 7.18. The van der Waals surface area contributed by atoms with Crippen LogP contribution in [0, 0.1) is 0 Å². The van der Waals surface area contributed by atoms with E-state index in [0.717, 1.165) is 0 Å². The van der Waals surface area contributed by atoms with Crippen molar-refractivity contribution in [2.75, 3.05) is 7.11 Å². The van der Waals surface area contributed by atoms with Crippen molar-refractivity contribution >= 4 is 16.9 Å². The van der Waals surface area contributed by atoms with Gasteiger partial charge >= 0.3 is 5.97 Å². The first-order chi connectivity index (χ1) is 2.27. The molecule has 0 unspecified atom stereocenters. The second kappa shape index (κ2) is 4.69. The van der Waals surface area contributed by atoms with E-state index in [4.69, 9.17) is 0 Å². The van der Waals surface area contributed by atoms with Gasteiger partial charge in [-0.3, -0.25) is 4.79 Å². The Morgan fingerprint density at radius 2 is 1.83 bits per heavy atom. The van der Waals surface area contributed by atoms with Gasteiger partial charge in [-0.1, -0.05) is 0 Å². The van der Waals surface area contributed by atoms with Crippen LogP contribution in [0.4, 0.5) is 0 Å². The van der Waals surface area contributed by atoms with Crippen molar-refractivity contribution in [2.24, 2.45) is 0 Å². The van der Waals surface area contributed by atoms with Crippen molar-refractivity contribution in [3.8, 4) is 0 Å². The third-order valence-electron chi connectivity index (χ3n) is 0.287. The van der Waals surface area contributed by atoms with E-state index in [0.29, 0.717) is 0 Å². The van der Waals surface area contributed by atoms with E-state index in [-0.39, 0.29) is 16.9 Å². The zero-order valence-corrected chi connectivity index (χ0v) is 3.32. The first-order valence-corrected chi connectivity index (χ1v) is 1.32. The molecule has 0 radical (unpaired) electrons. The minimum absolute atomic E-state index is 0. The second-order valence-corrected chi connectivity index (χ2v) is 0.696. The van der Waals surface area contributed by atoms with E-state index < -0.39 is 0 Å². The summed E-state index contributed by atoms with van der Waals surface area (Å²) in [7, 11) is 1.35. The molecule has 0 atom stereocenters. The highest BCUT2D eigenvalue weighted by molar-refractivity contribution is 5.75. The van der Waals surface area contributed by atoms with Gasteiger partial charge < -0.3 is 4.74 Å². The maximum absolute atomic E-state index is 9.59. The van der Waals surface area contributed by atoms with Gasteiger partial charge in [0.05, 0.1) is 7.11 Å². The Balaban J connectivity index is 0. The summed E-state index contributed by atoms with van der Waals surface area (Å²) in [6.07, 6.45) is 0. The van der Waals surface area contributed by atoms with Crippen LogP contribution < -0.4 is 0 Å². The van der Waals surface area contributed by atoms with E-state index in [9.17, 15) is 4.79 Å². The molecule has 0 aromatic heterocycles.